The van der Waals surface area contributed by atoms with E-state index in [2.05, 4.69) is 30.8 Å². The number of guanidine groups is 1. The smallest absolute Gasteiger partial charge is 0.232 e. The van der Waals surface area contributed by atoms with Crippen molar-refractivity contribution in [1.29, 1.82) is 0 Å². The molecule has 2 heterocycles. The van der Waals surface area contributed by atoms with Crippen molar-refractivity contribution in [3.8, 4) is 0 Å². The van der Waals surface area contributed by atoms with E-state index in [1.54, 1.807) is 11.3 Å². The number of aryl methyl sites for hydroxylation is 1. The molecule has 0 fully saturated rings. The molecule has 134 valence electrons. The Morgan fingerprint density at radius 2 is 2.08 bits per heavy atom. The molecular formula is C15H25IN6OS. The van der Waals surface area contributed by atoms with Crippen LogP contribution in [-0.2, 0) is 18.5 Å². The molecule has 2 N–H and O–H groups in total. The Bertz CT molecular complexity index is 661. The van der Waals surface area contributed by atoms with Gasteiger partial charge in [0.05, 0.1) is 6.54 Å². The van der Waals surface area contributed by atoms with Gasteiger partial charge in [-0.3, -0.25) is 0 Å². The number of rotatable bonds is 5. The highest BCUT2D eigenvalue weighted by molar-refractivity contribution is 14.0. The second kappa shape index (κ2) is 9.30. The predicted molar refractivity (Wildman–Crippen MR) is 107 cm³/mol. The quantitative estimate of drug-likeness (QED) is 0.402. The zero-order valence-electron chi connectivity index (χ0n) is 14.7. The molecule has 2 aromatic heterocycles. The Labute approximate surface area is 163 Å². The van der Waals surface area contributed by atoms with Crippen molar-refractivity contribution in [3.63, 3.8) is 0 Å². The van der Waals surface area contributed by atoms with E-state index in [1.165, 1.54) is 4.88 Å². The standard InChI is InChI=1S/C15H24N6OS.HI/c1-6-16-14(19-9-12-17-7-10(2)23-12)18-8-11-20-13(22-21-11)15(3,4)5;/h7H,6,8-9H2,1-5H3,(H2,16,18,19);1H. The minimum absolute atomic E-state index is 0. The molecule has 0 saturated heterocycles. The molecule has 9 heteroatoms. The van der Waals surface area contributed by atoms with Gasteiger partial charge >= 0.3 is 0 Å². The van der Waals surface area contributed by atoms with Crippen molar-refractivity contribution >= 4 is 41.3 Å². The summed E-state index contributed by atoms with van der Waals surface area (Å²) in [6.07, 6.45) is 1.87. The third kappa shape index (κ3) is 6.34. The monoisotopic (exact) mass is 464 g/mol. The zero-order valence-corrected chi connectivity index (χ0v) is 17.9. The van der Waals surface area contributed by atoms with Crippen LogP contribution in [0.3, 0.4) is 0 Å². The summed E-state index contributed by atoms with van der Waals surface area (Å²) in [7, 11) is 0. The number of halogens is 1. The second-order valence-corrected chi connectivity index (χ2v) is 7.50. The maximum absolute atomic E-state index is 5.27. The van der Waals surface area contributed by atoms with Gasteiger partial charge in [-0.15, -0.1) is 35.3 Å². The molecule has 7 nitrogen and oxygen atoms in total. The lowest BCUT2D eigenvalue weighted by molar-refractivity contribution is 0.318. The van der Waals surface area contributed by atoms with E-state index >= 15 is 0 Å². The summed E-state index contributed by atoms with van der Waals surface area (Å²) in [5, 5.41) is 11.5. The first-order valence-corrected chi connectivity index (χ1v) is 8.46. The van der Waals surface area contributed by atoms with Gasteiger partial charge in [-0.25, -0.2) is 9.98 Å². The van der Waals surface area contributed by atoms with Gasteiger partial charge in [0.1, 0.15) is 11.6 Å². The molecule has 0 spiro atoms. The summed E-state index contributed by atoms with van der Waals surface area (Å²) in [6, 6.07) is 0. The van der Waals surface area contributed by atoms with Gasteiger partial charge in [-0.2, -0.15) is 4.98 Å². The second-order valence-electron chi connectivity index (χ2n) is 6.18. The van der Waals surface area contributed by atoms with E-state index < -0.39 is 0 Å². The van der Waals surface area contributed by atoms with Crippen LogP contribution in [0.2, 0.25) is 0 Å². The van der Waals surface area contributed by atoms with Gasteiger partial charge in [-0.1, -0.05) is 25.9 Å². The molecule has 24 heavy (non-hydrogen) atoms. The van der Waals surface area contributed by atoms with Crippen LogP contribution in [0.25, 0.3) is 0 Å². The molecule has 0 amide bonds. The van der Waals surface area contributed by atoms with Crippen LogP contribution >= 0.6 is 35.3 Å². The van der Waals surface area contributed by atoms with Crippen molar-refractivity contribution in [2.45, 2.75) is 53.1 Å². The van der Waals surface area contributed by atoms with E-state index in [4.69, 9.17) is 4.52 Å². The molecule has 0 unspecified atom stereocenters. The highest BCUT2D eigenvalue weighted by Gasteiger charge is 2.21. The lowest BCUT2D eigenvalue weighted by Gasteiger charge is -2.10. The summed E-state index contributed by atoms with van der Waals surface area (Å²) in [5.41, 5.74) is -0.152. The molecule has 0 aliphatic rings. The minimum atomic E-state index is -0.152. The summed E-state index contributed by atoms with van der Waals surface area (Å²) < 4.78 is 5.27. The van der Waals surface area contributed by atoms with Crippen LogP contribution in [0, 0.1) is 6.92 Å². The summed E-state index contributed by atoms with van der Waals surface area (Å²) >= 11 is 1.67. The van der Waals surface area contributed by atoms with E-state index in [-0.39, 0.29) is 29.4 Å². The van der Waals surface area contributed by atoms with Gasteiger partial charge < -0.3 is 15.2 Å². The number of hydrogen-bond donors (Lipinski definition) is 2. The molecule has 0 radical (unpaired) electrons. The number of aliphatic imine (C=N–C) groups is 1. The zero-order chi connectivity index (χ0) is 16.9. The van der Waals surface area contributed by atoms with Gasteiger partial charge in [0.25, 0.3) is 0 Å². The Balaban J connectivity index is 0.00000288. The maximum Gasteiger partial charge on any atom is 0.232 e. The molecule has 0 aliphatic carbocycles. The molecule has 2 rings (SSSR count). The Kier molecular flexibility index (Phi) is 8.07. The third-order valence-corrected chi connectivity index (χ3v) is 3.82. The number of hydrogen-bond acceptors (Lipinski definition) is 6. The molecule has 0 saturated carbocycles. The first-order valence-electron chi connectivity index (χ1n) is 7.65. The van der Waals surface area contributed by atoms with Crippen LogP contribution in [0.15, 0.2) is 15.7 Å². The van der Waals surface area contributed by atoms with Gasteiger partial charge in [0.2, 0.25) is 5.89 Å². The van der Waals surface area contributed by atoms with Crippen LogP contribution in [0.5, 0.6) is 0 Å². The highest BCUT2D eigenvalue weighted by atomic mass is 127. The fourth-order valence-electron chi connectivity index (χ4n) is 1.76. The lowest BCUT2D eigenvalue weighted by atomic mass is 9.97. The Morgan fingerprint density at radius 3 is 2.62 bits per heavy atom. The number of thiazole rings is 1. The van der Waals surface area contributed by atoms with Crippen LogP contribution in [0.1, 0.15) is 49.3 Å². The Hall–Kier alpha value is -1.23. The minimum Gasteiger partial charge on any atom is -0.357 e. The van der Waals surface area contributed by atoms with E-state index in [0.29, 0.717) is 30.8 Å². The number of nitrogens with zero attached hydrogens (tertiary/aromatic N) is 4. The predicted octanol–water partition coefficient (Wildman–Crippen LogP) is 3.01. The average Bonchev–Trinajstić information content (AvgIpc) is 3.10. The van der Waals surface area contributed by atoms with Gasteiger partial charge in [0, 0.05) is 23.0 Å². The van der Waals surface area contributed by atoms with Crippen molar-refractivity contribution < 1.29 is 4.52 Å². The third-order valence-electron chi connectivity index (χ3n) is 2.91. The van der Waals surface area contributed by atoms with Crippen molar-refractivity contribution in [3.05, 3.63) is 27.8 Å². The number of nitrogens with one attached hydrogen (secondary N) is 2. The van der Waals surface area contributed by atoms with Gasteiger partial charge in [0.15, 0.2) is 11.8 Å². The fourth-order valence-corrected chi connectivity index (χ4v) is 2.48. The van der Waals surface area contributed by atoms with Crippen LogP contribution < -0.4 is 10.6 Å². The van der Waals surface area contributed by atoms with Crippen LogP contribution in [0.4, 0.5) is 0 Å². The average molecular weight is 464 g/mol. The van der Waals surface area contributed by atoms with Crippen LogP contribution in [-0.4, -0.2) is 27.6 Å². The van der Waals surface area contributed by atoms with Crippen molar-refractivity contribution in [1.82, 2.24) is 25.8 Å². The van der Waals surface area contributed by atoms with E-state index in [1.807, 2.05) is 40.8 Å². The SMILES string of the molecule is CCNC(=NCc1noc(C(C)(C)C)n1)NCc1ncc(C)s1.I. The molecule has 0 bridgehead atoms. The molecular weight excluding hydrogens is 439 g/mol. The summed E-state index contributed by atoms with van der Waals surface area (Å²) in [5.74, 6) is 1.92. The highest BCUT2D eigenvalue weighted by Crippen LogP contribution is 2.19. The summed E-state index contributed by atoms with van der Waals surface area (Å²) in [6.45, 7) is 12.0. The topological polar surface area (TPSA) is 88.2 Å². The fraction of sp³-hybridized carbons (Fsp3) is 0.600. The normalized spacial score (nSPS) is 12.0. The van der Waals surface area contributed by atoms with Crippen molar-refractivity contribution in [2.75, 3.05) is 6.54 Å². The first kappa shape index (κ1) is 20.8. The number of aromatic nitrogens is 3. The molecule has 0 atom stereocenters. The molecule has 2 aromatic rings. The molecule has 0 aliphatic heterocycles. The van der Waals surface area contributed by atoms with Crippen molar-refractivity contribution in [2.24, 2.45) is 4.99 Å². The molecule has 0 aromatic carbocycles. The van der Waals surface area contributed by atoms with Gasteiger partial charge in [-0.05, 0) is 13.8 Å². The first-order chi connectivity index (χ1) is 10.9. The maximum atomic E-state index is 5.27. The van der Waals surface area contributed by atoms with E-state index in [0.717, 1.165) is 11.6 Å². The lowest BCUT2D eigenvalue weighted by Crippen LogP contribution is -2.36. The summed E-state index contributed by atoms with van der Waals surface area (Å²) in [4.78, 5) is 14.4. The van der Waals surface area contributed by atoms with E-state index in [9.17, 15) is 0 Å². The largest absolute Gasteiger partial charge is 0.357 e. The Morgan fingerprint density at radius 1 is 1.33 bits per heavy atom.